The Bertz CT molecular complexity index is 825. The molecule has 0 fully saturated rings. The molecule has 0 amide bonds. The van der Waals surface area contributed by atoms with E-state index >= 15 is 0 Å². The van der Waals surface area contributed by atoms with Crippen molar-refractivity contribution in [3.8, 4) is 23.0 Å². The number of aromatic nitrogens is 2. The summed E-state index contributed by atoms with van der Waals surface area (Å²) in [5, 5.41) is 8.26. The van der Waals surface area contributed by atoms with Gasteiger partial charge in [0, 0.05) is 5.56 Å². The fraction of sp³-hybridized carbons (Fsp3) is 0.222. The fourth-order valence-electron chi connectivity index (χ4n) is 2.51. The Morgan fingerprint density at radius 1 is 0.913 bits per heavy atom. The van der Waals surface area contributed by atoms with E-state index in [9.17, 15) is 0 Å². The molecule has 0 saturated carbocycles. The van der Waals surface area contributed by atoms with E-state index < -0.39 is 0 Å². The third-order valence-corrected chi connectivity index (χ3v) is 3.73. The maximum atomic E-state index is 5.76. The number of fused-ring (bicyclic) bond motifs is 1. The molecule has 0 aliphatic carbocycles. The van der Waals surface area contributed by atoms with Crippen molar-refractivity contribution >= 4 is 0 Å². The van der Waals surface area contributed by atoms with E-state index in [2.05, 4.69) is 10.2 Å². The molecule has 4 rings (SSSR count). The van der Waals surface area contributed by atoms with E-state index in [1.54, 1.807) is 0 Å². The second-order valence-corrected chi connectivity index (χ2v) is 5.52. The first-order chi connectivity index (χ1) is 11.3. The van der Waals surface area contributed by atoms with Gasteiger partial charge in [0.05, 0.1) is 6.42 Å². The van der Waals surface area contributed by atoms with Gasteiger partial charge in [-0.05, 0) is 36.8 Å². The Labute approximate surface area is 133 Å². The van der Waals surface area contributed by atoms with Crippen LogP contribution in [0.5, 0.6) is 11.5 Å². The van der Waals surface area contributed by atoms with E-state index in [1.165, 1.54) is 5.56 Å². The van der Waals surface area contributed by atoms with Gasteiger partial charge >= 0.3 is 0 Å². The van der Waals surface area contributed by atoms with Crippen LogP contribution in [0.25, 0.3) is 11.5 Å². The molecule has 0 N–H and O–H groups in total. The molecule has 1 aliphatic rings. The average molecular weight is 308 g/mol. The molecule has 0 radical (unpaired) electrons. The minimum atomic E-state index is 0.539. The number of hydrogen-bond acceptors (Lipinski definition) is 5. The topological polar surface area (TPSA) is 57.4 Å². The van der Waals surface area contributed by atoms with E-state index in [0.717, 1.165) is 22.6 Å². The van der Waals surface area contributed by atoms with Crippen molar-refractivity contribution in [1.82, 2.24) is 10.2 Å². The lowest BCUT2D eigenvalue weighted by Gasteiger charge is -2.18. The molecule has 1 aromatic heterocycles. The van der Waals surface area contributed by atoms with Gasteiger partial charge in [0.1, 0.15) is 13.2 Å². The number of hydrogen-bond donors (Lipinski definition) is 0. The zero-order valence-corrected chi connectivity index (χ0v) is 12.8. The van der Waals surface area contributed by atoms with Crippen LogP contribution in [-0.2, 0) is 6.42 Å². The molecule has 0 atom stereocenters. The van der Waals surface area contributed by atoms with Crippen LogP contribution >= 0.6 is 0 Å². The van der Waals surface area contributed by atoms with E-state index in [0.29, 0.717) is 31.4 Å². The highest BCUT2D eigenvalue weighted by Gasteiger charge is 2.14. The highest BCUT2D eigenvalue weighted by molar-refractivity contribution is 5.53. The molecule has 0 unspecified atom stereocenters. The predicted octanol–water partition coefficient (Wildman–Crippen LogP) is 3.41. The maximum absolute atomic E-state index is 5.76. The van der Waals surface area contributed by atoms with Crippen LogP contribution in [0.15, 0.2) is 46.9 Å². The summed E-state index contributed by atoms with van der Waals surface area (Å²) in [5.74, 6) is 2.67. The molecule has 1 aliphatic heterocycles. The average Bonchev–Trinajstić information content (AvgIpc) is 3.04. The van der Waals surface area contributed by atoms with Crippen molar-refractivity contribution in [2.75, 3.05) is 13.2 Å². The zero-order chi connectivity index (χ0) is 15.6. The number of nitrogens with zero attached hydrogens (tertiary/aromatic N) is 2. The molecule has 116 valence electrons. The number of ether oxygens (including phenoxy) is 2. The highest BCUT2D eigenvalue weighted by atomic mass is 16.6. The van der Waals surface area contributed by atoms with Crippen molar-refractivity contribution in [2.45, 2.75) is 13.3 Å². The molecule has 5 heteroatoms. The molecule has 5 nitrogen and oxygen atoms in total. The van der Waals surface area contributed by atoms with Crippen molar-refractivity contribution in [3.05, 3.63) is 59.5 Å². The number of aryl methyl sites for hydroxylation is 1. The largest absolute Gasteiger partial charge is 0.486 e. The smallest absolute Gasteiger partial charge is 0.247 e. The molecular formula is C18H16N2O3. The molecule has 3 aromatic rings. The fourth-order valence-corrected chi connectivity index (χ4v) is 2.51. The lowest BCUT2D eigenvalue weighted by Crippen LogP contribution is -2.15. The van der Waals surface area contributed by atoms with Crippen molar-refractivity contribution < 1.29 is 13.9 Å². The summed E-state index contributed by atoms with van der Waals surface area (Å²) in [6.45, 7) is 3.22. The van der Waals surface area contributed by atoms with Crippen LogP contribution in [-0.4, -0.2) is 23.4 Å². The van der Waals surface area contributed by atoms with Gasteiger partial charge in [0.25, 0.3) is 0 Å². The summed E-state index contributed by atoms with van der Waals surface area (Å²) in [6.07, 6.45) is 0.565. The second kappa shape index (κ2) is 5.76. The summed E-state index contributed by atoms with van der Waals surface area (Å²) in [7, 11) is 0. The molecule has 0 spiro atoms. The minimum Gasteiger partial charge on any atom is -0.486 e. The Morgan fingerprint density at radius 2 is 1.70 bits per heavy atom. The summed E-state index contributed by atoms with van der Waals surface area (Å²) < 4.78 is 16.9. The SMILES string of the molecule is Cc1ccc(-c2nnc(Cc3ccc4c(c3)OCCO4)o2)cc1. The molecule has 2 aromatic carbocycles. The maximum Gasteiger partial charge on any atom is 0.247 e. The number of benzene rings is 2. The summed E-state index contributed by atoms with van der Waals surface area (Å²) in [6, 6.07) is 13.9. The van der Waals surface area contributed by atoms with E-state index in [1.807, 2.05) is 49.4 Å². The first-order valence-corrected chi connectivity index (χ1v) is 7.56. The standard InChI is InChI=1S/C18H16N2O3/c1-12-2-5-14(6-3-12)18-20-19-17(23-18)11-13-4-7-15-16(10-13)22-9-8-21-15/h2-7,10H,8-9,11H2,1H3. The zero-order valence-electron chi connectivity index (χ0n) is 12.8. The molecular weight excluding hydrogens is 292 g/mol. The quantitative estimate of drug-likeness (QED) is 0.742. The van der Waals surface area contributed by atoms with Gasteiger partial charge in [-0.15, -0.1) is 10.2 Å². The van der Waals surface area contributed by atoms with Crippen LogP contribution in [0.2, 0.25) is 0 Å². The first-order valence-electron chi connectivity index (χ1n) is 7.56. The van der Waals surface area contributed by atoms with Crippen LogP contribution in [0, 0.1) is 6.92 Å². The molecule has 0 saturated heterocycles. The molecule has 0 bridgehead atoms. The van der Waals surface area contributed by atoms with Crippen LogP contribution in [0.1, 0.15) is 17.0 Å². The Balaban J connectivity index is 1.54. The monoisotopic (exact) mass is 308 g/mol. The van der Waals surface area contributed by atoms with Crippen LogP contribution < -0.4 is 9.47 Å². The highest BCUT2D eigenvalue weighted by Crippen LogP contribution is 2.31. The third-order valence-electron chi connectivity index (χ3n) is 3.73. The summed E-state index contributed by atoms with van der Waals surface area (Å²) in [4.78, 5) is 0. The van der Waals surface area contributed by atoms with Gasteiger partial charge in [0.15, 0.2) is 11.5 Å². The van der Waals surface area contributed by atoms with Gasteiger partial charge in [-0.2, -0.15) is 0 Å². The third kappa shape index (κ3) is 2.90. The lowest BCUT2D eigenvalue weighted by atomic mass is 10.1. The van der Waals surface area contributed by atoms with Gasteiger partial charge < -0.3 is 13.9 Å². The van der Waals surface area contributed by atoms with Crippen molar-refractivity contribution in [3.63, 3.8) is 0 Å². The van der Waals surface area contributed by atoms with Crippen LogP contribution in [0.4, 0.5) is 0 Å². The second-order valence-electron chi connectivity index (χ2n) is 5.52. The van der Waals surface area contributed by atoms with Gasteiger partial charge in [-0.25, -0.2) is 0 Å². The summed E-state index contributed by atoms with van der Waals surface area (Å²) in [5.41, 5.74) is 3.18. The molecule has 23 heavy (non-hydrogen) atoms. The van der Waals surface area contributed by atoms with Gasteiger partial charge in [-0.1, -0.05) is 23.8 Å². The Morgan fingerprint density at radius 3 is 2.52 bits per heavy atom. The van der Waals surface area contributed by atoms with Crippen molar-refractivity contribution in [2.24, 2.45) is 0 Å². The predicted molar refractivity (Wildman–Crippen MR) is 84.7 cm³/mol. The van der Waals surface area contributed by atoms with Gasteiger partial charge in [0.2, 0.25) is 11.8 Å². The van der Waals surface area contributed by atoms with Crippen LogP contribution in [0.3, 0.4) is 0 Å². The van der Waals surface area contributed by atoms with E-state index in [-0.39, 0.29) is 0 Å². The van der Waals surface area contributed by atoms with Gasteiger partial charge in [-0.3, -0.25) is 0 Å². The van der Waals surface area contributed by atoms with E-state index in [4.69, 9.17) is 13.9 Å². The normalized spacial score (nSPS) is 13.1. The Hall–Kier alpha value is -2.82. The Kier molecular flexibility index (Phi) is 3.46. The minimum absolute atomic E-state index is 0.539. The lowest BCUT2D eigenvalue weighted by molar-refractivity contribution is 0.171. The van der Waals surface area contributed by atoms with Crippen molar-refractivity contribution in [1.29, 1.82) is 0 Å². The molecule has 2 heterocycles. The number of rotatable bonds is 3. The summed E-state index contributed by atoms with van der Waals surface area (Å²) >= 11 is 0. The first kappa shape index (κ1) is 13.8.